The van der Waals surface area contributed by atoms with Crippen LogP contribution in [0.25, 0.3) is 5.57 Å². The molecule has 0 radical (unpaired) electrons. The van der Waals surface area contributed by atoms with Gasteiger partial charge in [-0.3, -0.25) is 9.59 Å². The van der Waals surface area contributed by atoms with Gasteiger partial charge < -0.3 is 25.2 Å². The maximum absolute atomic E-state index is 12.4. The van der Waals surface area contributed by atoms with Gasteiger partial charge in [-0.05, 0) is 17.9 Å². The van der Waals surface area contributed by atoms with E-state index in [1.807, 2.05) is 0 Å². The lowest BCUT2D eigenvalue weighted by atomic mass is 9.77. The monoisotopic (exact) mass is 365 g/mol. The van der Waals surface area contributed by atoms with Crippen molar-refractivity contribution in [3.8, 4) is 0 Å². The molecule has 2 atom stereocenters. The summed E-state index contributed by atoms with van der Waals surface area (Å²) in [6.07, 6.45) is 3.02. The Morgan fingerprint density at radius 3 is 2.76 bits per heavy atom. The molecule has 132 valence electrons. The average Bonchev–Trinajstić information content (AvgIpc) is 2.98. The van der Waals surface area contributed by atoms with Crippen LogP contribution in [0.2, 0.25) is 0 Å². The van der Waals surface area contributed by atoms with Crippen molar-refractivity contribution < 1.29 is 34.3 Å². The summed E-state index contributed by atoms with van der Waals surface area (Å²) in [5.41, 5.74) is -0.0370. The summed E-state index contributed by atoms with van der Waals surface area (Å²) in [5.74, 6) is -3.84. The minimum atomic E-state index is -1.42. The number of aliphatic carboxylic acids is 2. The van der Waals surface area contributed by atoms with Crippen LogP contribution in [0.1, 0.15) is 17.7 Å². The number of hydrogen-bond donors (Lipinski definition) is 4. The molecule has 2 rings (SSSR count). The van der Waals surface area contributed by atoms with Gasteiger partial charge in [0, 0.05) is 11.0 Å². The Kier molecular flexibility index (Phi) is 6.51. The van der Waals surface area contributed by atoms with Gasteiger partial charge in [-0.25, -0.2) is 4.79 Å². The Balaban J connectivity index is 2.09. The van der Waals surface area contributed by atoms with Crippen LogP contribution in [-0.2, 0) is 19.0 Å². The van der Waals surface area contributed by atoms with Crippen LogP contribution >= 0.6 is 11.3 Å². The molecule has 0 aromatic carbocycles. The number of hydrogen-bond acceptors (Lipinski definition) is 6. The van der Waals surface area contributed by atoms with Gasteiger partial charge in [0.2, 0.25) is 0 Å². The Bertz CT molecular complexity index is 701. The van der Waals surface area contributed by atoms with E-state index in [9.17, 15) is 19.4 Å². The van der Waals surface area contributed by atoms with Gasteiger partial charge in [0.15, 0.2) is 0 Å². The van der Waals surface area contributed by atoms with Crippen LogP contribution in [0.3, 0.4) is 0 Å². The van der Waals surface area contributed by atoms with Crippen molar-refractivity contribution in [2.75, 3.05) is 0 Å². The van der Waals surface area contributed by atoms with Crippen LogP contribution in [0.15, 0.2) is 35.7 Å². The smallest absolute Gasteiger partial charge is 0.478 e. The molecule has 1 amide bonds. The second kappa shape index (κ2) is 8.61. The minimum absolute atomic E-state index is 0.0370. The molecule has 1 aliphatic rings. The van der Waals surface area contributed by atoms with Crippen molar-refractivity contribution in [3.63, 3.8) is 0 Å². The standard InChI is InChI=1S/C15H16BNO7S/c18-13(19)7-9-3-1-5-12(16(23)24-9)17-15(22)10(8-14(20)21)11-4-2-6-25-11/h1-4,6,8-9,12,23H,5,7H2,(H,17,22)(H,18,19)(H,20,21). The number of carboxylic acids is 2. The highest BCUT2D eigenvalue weighted by Gasteiger charge is 2.33. The highest BCUT2D eigenvalue weighted by Crippen LogP contribution is 2.21. The summed E-state index contributed by atoms with van der Waals surface area (Å²) >= 11 is 1.21. The fourth-order valence-corrected chi connectivity index (χ4v) is 3.02. The third-order valence-corrected chi connectivity index (χ3v) is 4.29. The van der Waals surface area contributed by atoms with Gasteiger partial charge in [-0.15, -0.1) is 11.3 Å². The van der Waals surface area contributed by atoms with Crippen LogP contribution in [0.5, 0.6) is 0 Å². The summed E-state index contributed by atoms with van der Waals surface area (Å²) in [5, 5.41) is 32.1. The lowest BCUT2D eigenvalue weighted by molar-refractivity contribution is -0.138. The molecule has 10 heteroatoms. The lowest BCUT2D eigenvalue weighted by Crippen LogP contribution is -2.48. The van der Waals surface area contributed by atoms with Gasteiger partial charge in [-0.1, -0.05) is 18.2 Å². The van der Waals surface area contributed by atoms with Crippen molar-refractivity contribution >= 4 is 41.9 Å². The van der Waals surface area contributed by atoms with Gasteiger partial charge in [0.1, 0.15) is 0 Å². The number of carboxylic acid groups (broad SMARTS) is 2. The zero-order valence-electron chi connectivity index (χ0n) is 13.0. The first-order chi connectivity index (χ1) is 11.9. The number of nitrogens with one attached hydrogen (secondary N) is 1. The van der Waals surface area contributed by atoms with Gasteiger partial charge in [0.05, 0.1) is 24.0 Å². The third-order valence-electron chi connectivity index (χ3n) is 3.39. The highest BCUT2D eigenvalue weighted by atomic mass is 32.1. The zero-order chi connectivity index (χ0) is 18.4. The average molecular weight is 365 g/mol. The first kappa shape index (κ1) is 18.9. The van der Waals surface area contributed by atoms with Crippen molar-refractivity contribution in [2.45, 2.75) is 24.9 Å². The summed E-state index contributed by atoms with van der Waals surface area (Å²) in [6, 6.07) is 3.30. The van der Waals surface area contributed by atoms with E-state index in [-0.39, 0.29) is 18.4 Å². The molecular formula is C15H16BNO7S. The number of thiophene rings is 1. The van der Waals surface area contributed by atoms with E-state index < -0.39 is 37.0 Å². The van der Waals surface area contributed by atoms with Gasteiger partial charge in [-0.2, -0.15) is 0 Å². The predicted octanol–water partition coefficient (Wildman–Crippen LogP) is 0.540. The molecule has 0 bridgehead atoms. The predicted molar refractivity (Wildman–Crippen MR) is 90.7 cm³/mol. The van der Waals surface area contributed by atoms with Crippen molar-refractivity contribution in [3.05, 3.63) is 40.6 Å². The Morgan fingerprint density at radius 2 is 2.16 bits per heavy atom. The van der Waals surface area contributed by atoms with E-state index in [4.69, 9.17) is 14.9 Å². The molecule has 2 heterocycles. The summed E-state index contributed by atoms with van der Waals surface area (Å²) in [6.45, 7) is 0. The molecule has 0 aliphatic carbocycles. The molecule has 1 aromatic heterocycles. The molecule has 8 nitrogen and oxygen atoms in total. The normalized spacial score (nSPS) is 20.8. The van der Waals surface area contributed by atoms with Crippen molar-refractivity contribution in [1.82, 2.24) is 5.32 Å². The Hall–Kier alpha value is -2.43. The fourth-order valence-electron chi connectivity index (χ4n) is 2.28. The van der Waals surface area contributed by atoms with E-state index >= 15 is 0 Å². The summed E-state index contributed by atoms with van der Waals surface area (Å²) < 4.78 is 5.23. The molecular weight excluding hydrogens is 349 g/mol. The summed E-state index contributed by atoms with van der Waals surface area (Å²) in [7, 11) is -1.42. The van der Waals surface area contributed by atoms with E-state index in [0.29, 0.717) is 4.88 Å². The number of carbonyl (C=O) groups is 3. The SMILES string of the molecule is O=C(O)C=C(C(=O)NC1CC=CC(CC(=O)O)OB1O)c1cccs1. The van der Waals surface area contributed by atoms with E-state index in [0.717, 1.165) is 6.08 Å². The van der Waals surface area contributed by atoms with Crippen LogP contribution < -0.4 is 5.32 Å². The van der Waals surface area contributed by atoms with E-state index in [1.165, 1.54) is 17.4 Å². The molecule has 25 heavy (non-hydrogen) atoms. The van der Waals surface area contributed by atoms with E-state index in [2.05, 4.69) is 5.32 Å². The largest absolute Gasteiger partial charge is 0.481 e. The van der Waals surface area contributed by atoms with Gasteiger partial charge in [0.25, 0.3) is 5.91 Å². The van der Waals surface area contributed by atoms with Crippen molar-refractivity contribution in [2.24, 2.45) is 0 Å². The number of amides is 1. The molecule has 0 saturated carbocycles. The molecule has 1 aromatic rings. The number of carbonyl (C=O) groups excluding carboxylic acids is 1. The number of rotatable bonds is 6. The molecule has 0 fully saturated rings. The maximum atomic E-state index is 12.4. The van der Waals surface area contributed by atoms with Crippen LogP contribution in [0.4, 0.5) is 0 Å². The molecule has 1 aliphatic heterocycles. The topological polar surface area (TPSA) is 133 Å². The lowest BCUT2D eigenvalue weighted by Gasteiger charge is -2.20. The van der Waals surface area contributed by atoms with E-state index in [1.54, 1.807) is 23.6 Å². The quantitative estimate of drug-likeness (QED) is 0.328. The zero-order valence-corrected chi connectivity index (χ0v) is 13.8. The Morgan fingerprint density at radius 1 is 1.40 bits per heavy atom. The van der Waals surface area contributed by atoms with Crippen LogP contribution in [-0.4, -0.2) is 52.2 Å². The minimum Gasteiger partial charge on any atom is -0.481 e. The first-order valence-electron chi connectivity index (χ1n) is 7.38. The second-order valence-corrected chi connectivity index (χ2v) is 6.23. The third kappa shape index (κ3) is 5.56. The molecule has 2 unspecified atom stereocenters. The molecule has 4 N–H and O–H groups in total. The van der Waals surface area contributed by atoms with Crippen LogP contribution in [0, 0.1) is 0 Å². The second-order valence-electron chi connectivity index (χ2n) is 5.28. The fraction of sp³-hybridized carbons (Fsp3) is 0.267. The van der Waals surface area contributed by atoms with Crippen molar-refractivity contribution in [1.29, 1.82) is 0 Å². The Labute approximate surface area is 147 Å². The molecule has 0 spiro atoms. The van der Waals surface area contributed by atoms with Gasteiger partial charge >= 0.3 is 19.1 Å². The first-order valence-corrected chi connectivity index (χ1v) is 8.26. The molecule has 0 saturated heterocycles. The highest BCUT2D eigenvalue weighted by molar-refractivity contribution is 7.11. The summed E-state index contributed by atoms with van der Waals surface area (Å²) in [4.78, 5) is 34.6. The maximum Gasteiger partial charge on any atom is 0.478 e.